The zero-order valence-corrected chi connectivity index (χ0v) is 19.1. The quantitative estimate of drug-likeness (QED) is 0.544. The number of primary amides is 1. The first-order valence-corrected chi connectivity index (χ1v) is 11.5. The maximum absolute atomic E-state index is 13.5. The van der Waals surface area contributed by atoms with Gasteiger partial charge in [-0.2, -0.15) is 0 Å². The van der Waals surface area contributed by atoms with Crippen molar-refractivity contribution in [3.05, 3.63) is 88.4 Å². The molecule has 3 aromatic carbocycles. The number of carbonyl (C=O) groups excluding carboxylic acids is 2. The molecule has 0 aliphatic carbocycles. The van der Waals surface area contributed by atoms with Crippen LogP contribution in [0.5, 0.6) is 0 Å². The van der Waals surface area contributed by atoms with Gasteiger partial charge in [0, 0.05) is 5.02 Å². The molecule has 0 bridgehead atoms. The van der Waals surface area contributed by atoms with E-state index in [0.717, 1.165) is 9.87 Å². The first-order valence-electron chi connectivity index (χ1n) is 9.64. The molecule has 7 nitrogen and oxygen atoms in total. The number of nitrogens with two attached hydrogens (primary N) is 1. The number of benzene rings is 3. The average molecular weight is 472 g/mol. The zero-order valence-electron chi connectivity index (χ0n) is 17.5. The van der Waals surface area contributed by atoms with E-state index in [1.807, 2.05) is 6.92 Å². The molecule has 0 aliphatic heterocycles. The minimum atomic E-state index is -4.08. The molecule has 0 spiro atoms. The minimum Gasteiger partial charge on any atom is -0.366 e. The molecule has 0 radical (unpaired) electrons. The normalized spacial score (nSPS) is 11.1. The third kappa shape index (κ3) is 5.09. The summed E-state index contributed by atoms with van der Waals surface area (Å²) in [6.07, 6.45) is 0. The van der Waals surface area contributed by atoms with Crippen molar-refractivity contribution in [1.29, 1.82) is 0 Å². The first kappa shape index (κ1) is 23.3. The molecule has 0 heterocycles. The summed E-state index contributed by atoms with van der Waals surface area (Å²) in [4.78, 5) is 24.6. The second kappa shape index (κ2) is 9.42. The number of nitrogens with zero attached hydrogens (tertiary/aromatic N) is 1. The molecule has 9 heteroatoms. The Balaban J connectivity index is 2.01. The Labute approximate surface area is 191 Å². The Hall–Kier alpha value is -3.36. The fourth-order valence-corrected chi connectivity index (χ4v) is 4.88. The highest BCUT2D eigenvalue weighted by Gasteiger charge is 2.28. The molecule has 0 unspecified atom stereocenters. The SMILES string of the molecule is Cc1ccc(S(=O)(=O)N(CC(=O)Nc2ccccc2C(N)=O)c2ccc(Cl)cc2C)cc1. The molecule has 3 rings (SSSR count). The standard InChI is InChI=1S/C23H22ClN3O4S/c1-15-7-10-18(11-8-15)32(30,31)27(21-12-9-17(24)13-16(21)2)14-22(28)26-20-6-4-3-5-19(20)23(25)29/h3-13H,14H2,1-2H3,(H2,25,29)(H,26,28). The number of aryl methyl sites for hydroxylation is 2. The largest absolute Gasteiger partial charge is 0.366 e. The Morgan fingerprint density at radius 1 is 1.00 bits per heavy atom. The zero-order chi connectivity index (χ0) is 23.5. The maximum atomic E-state index is 13.5. The van der Waals surface area contributed by atoms with Gasteiger partial charge in [0.1, 0.15) is 6.54 Å². The van der Waals surface area contributed by atoms with Crippen molar-refractivity contribution in [1.82, 2.24) is 0 Å². The second-order valence-corrected chi connectivity index (χ2v) is 9.51. The number of sulfonamides is 1. The second-order valence-electron chi connectivity index (χ2n) is 7.21. The fourth-order valence-electron chi connectivity index (χ4n) is 3.16. The number of hydrogen-bond donors (Lipinski definition) is 2. The molecule has 3 aromatic rings. The molecule has 0 saturated carbocycles. The summed E-state index contributed by atoms with van der Waals surface area (Å²) in [6, 6.07) is 17.3. The smallest absolute Gasteiger partial charge is 0.264 e. The van der Waals surface area contributed by atoms with E-state index >= 15 is 0 Å². The van der Waals surface area contributed by atoms with Crippen LogP contribution in [0.2, 0.25) is 5.02 Å². The van der Waals surface area contributed by atoms with Gasteiger partial charge in [-0.25, -0.2) is 8.42 Å². The fraction of sp³-hybridized carbons (Fsp3) is 0.130. The van der Waals surface area contributed by atoms with E-state index in [0.29, 0.717) is 16.3 Å². The lowest BCUT2D eigenvalue weighted by Crippen LogP contribution is -2.38. The summed E-state index contributed by atoms with van der Waals surface area (Å²) in [6.45, 7) is 3.03. The van der Waals surface area contributed by atoms with E-state index < -0.39 is 28.4 Å². The molecule has 0 atom stereocenters. The lowest BCUT2D eigenvalue weighted by atomic mass is 10.1. The highest BCUT2D eigenvalue weighted by Crippen LogP contribution is 2.29. The summed E-state index contributed by atoms with van der Waals surface area (Å²) in [5.74, 6) is -1.35. The van der Waals surface area contributed by atoms with E-state index in [1.165, 1.54) is 24.3 Å². The summed E-state index contributed by atoms with van der Waals surface area (Å²) in [5, 5.41) is 3.03. The summed E-state index contributed by atoms with van der Waals surface area (Å²) in [5.41, 5.74) is 7.48. The van der Waals surface area contributed by atoms with Crippen LogP contribution in [-0.2, 0) is 14.8 Å². The predicted molar refractivity (Wildman–Crippen MR) is 125 cm³/mol. The average Bonchev–Trinajstić information content (AvgIpc) is 2.73. The van der Waals surface area contributed by atoms with Crippen LogP contribution in [-0.4, -0.2) is 26.8 Å². The van der Waals surface area contributed by atoms with Gasteiger partial charge < -0.3 is 11.1 Å². The van der Waals surface area contributed by atoms with E-state index in [-0.39, 0.29) is 16.1 Å². The van der Waals surface area contributed by atoms with Gasteiger partial charge in [0.2, 0.25) is 5.91 Å². The van der Waals surface area contributed by atoms with Gasteiger partial charge in [-0.15, -0.1) is 0 Å². The van der Waals surface area contributed by atoms with Crippen molar-refractivity contribution < 1.29 is 18.0 Å². The molecule has 0 fully saturated rings. The molecule has 166 valence electrons. The maximum Gasteiger partial charge on any atom is 0.264 e. The number of halogens is 1. The van der Waals surface area contributed by atoms with Crippen molar-refractivity contribution in [3.63, 3.8) is 0 Å². The summed E-state index contributed by atoms with van der Waals surface area (Å²) < 4.78 is 28.0. The lowest BCUT2D eigenvalue weighted by Gasteiger charge is -2.26. The van der Waals surface area contributed by atoms with Crippen LogP contribution < -0.4 is 15.4 Å². The Bertz CT molecular complexity index is 1270. The molecule has 3 N–H and O–H groups in total. The third-order valence-electron chi connectivity index (χ3n) is 4.79. The van der Waals surface area contributed by atoms with Gasteiger partial charge in [-0.05, 0) is 61.9 Å². The van der Waals surface area contributed by atoms with Crippen LogP contribution in [0.4, 0.5) is 11.4 Å². The van der Waals surface area contributed by atoms with E-state index in [2.05, 4.69) is 5.32 Å². The van der Waals surface area contributed by atoms with Gasteiger partial charge in [0.15, 0.2) is 0 Å². The van der Waals surface area contributed by atoms with Crippen molar-refractivity contribution >= 4 is 44.8 Å². The van der Waals surface area contributed by atoms with Crippen LogP contribution in [0.15, 0.2) is 71.6 Å². The summed E-state index contributed by atoms with van der Waals surface area (Å²) in [7, 11) is -4.08. The van der Waals surface area contributed by atoms with Crippen LogP contribution >= 0.6 is 11.6 Å². The number of anilines is 2. The highest BCUT2D eigenvalue weighted by atomic mass is 35.5. The topological polar surface area (TPSA) is 110 Å². The molecule has 32 heavy (non-hydrogen) atoms. The number of carbonyl (C=O) groups is 2. The van der Waals surface area contributed by atoms with Crippen molar-refractivity contribution in [2.24, 2.45) is 5.73 Å². The number of rotatable bonds is 7. The van der Waals surface area contributed by atoms with Crippen molar-refractivity contribution in [2.45, 2.75) is 18.7 Å². The molecule has 2 amide bonds. The summed E-state index contributed by atoms with van der Waals surface area (Å²) >= 11 is 6.04. The lowest BCUT2D eigenvalue weighted by molar-refractivity contribution is -0.114. The van der Waals surface area contributed by atoms with Gasteiger partial charge >= 0.3 is 0 Å². The van der Waals surface area contributed by atoms with Crippen LogP contribution in [0.1, 0.15) is 21.5 Å². The third-order valence-corrected chi connectivity index (χ3v) is 6.80. The molecular weight excluding hydrogens is 450 g/mol. The number of para-hydroxylation sites is 1. The van der Waals surface area contributed by atoms with E-state index in [4.69, 9.17) is 17.3 Å². The van der Waals surface area contributed by atoms with Gasteiger partial charge in [0.25, 0.3) is 15.9 Å². The van der Waals surface area contributed by atoms with Crippen LogP contribution in [0.3, 0.4) is 0 Å². The molecule has 0 aromatic heterocycles. The van der Waals surface area contributed by atoms with Crippen LogP contribution in [0, 0.1) is 13.8 Å². The van der Waals surface area contributed by atoms with Crippen molar-refractivity contribution in [3.8, 4) is 0 Å². The van der Waals surface area contributed by atoms with Crippen LogP contribution in [0.25, 0.3) is 0 Å². The Morgan fingerprint density at radius 2 is 1.66 bits per heavy atom. The Kier molecular flexibility index (Phi) is 6.86. The number of amides is 2. The van der Waals surface area contributed by atoms with E-state index in [1.54, 1.807) is 49.4 Å². The minimum absolute atomic E-state index is 0.0442. The van der Waals surface area contributed by atoms with Gasteiger partial charge in [0.05, 0.1) is 21.8 Å². The first-order chi connectivity index (χ1) is 15.1. The number of hydrogen-bond acceptors (Lipinski definition) is 4. The molecular formula is C23H22ClN3O4S. The highest BCUT2D eigenvalue weighted by molar-refractivity contribution is 7.92. The molecule has 0 aliphatic rings. The van der Waals surface area contributed by atoms with Crippen molar-refractivity contribution in [2.75, 3.05) is 16.2 Å². The Morgan fingerprint density at radius 3 is 2.28 bits per heavy atom. The monoisotopic (exact) mass is 471 g/mol. The van der Waals surface area contributed by atoms with Gasteiger partial charge in [-0.1, -0.05) is 41.4 Å². The molecule has 0 saturated heterocycles. The van der Waals surface area contributed by atoms with E-state index in [9.17, 15) is 18.0 Å². The van der Waals surface area contributed by atoms with Gasteiger partial charge in [-0.3, -0.25) is 13.9 Å². The number of nitrogens with one attached hydrogen (secondary N) is 1. The predicted octanol–water partition coefficient (Wildman–Crippen LogP) is 3.89.